The summed E-state index contributed by atoms with van der Waals surface area (Å²) in [5.74, 6) is -0.726. The van der Waals surface area contributed by atoms with E-state index in [1.807, 2.05) is 6.07 Å². The van der Waals surface area contributed by atoms with Gasteiger partial charge in [0.25, 0.3) is 0 Å². The van der Waals surface area contributed by atoms with Crippen LogP contribution in [-0.4, -0.2) is 29.1 Å². The number of hydrogen-bond donors (Lipinski definition) is 2. The highest BCUT2D eigenvalue weighted by molar-refractivity contribution is 6.00. The fourth-order valence-corrected chi connectivity index (χ4v) is 3.49. The third-order valence-electron chi connectivity index (χ3n) is 4.91. The van der Waals surface area contributed by atoms with Gasteiger partial charge in [0.1, 0.15) is 17.3 Å². The van der Waals surface area contributed by atoms with Gasteiger partial charge < -0.3 is 15.5 Å². The van der Waals surface area contributed by atoms with Crippen LogP contribution in [0, 0.1) is 11.6 Å². The minimum Gasteiger partial charge on any atom is -0.355 e. The van der Waals surface area contributed by atoms with Crippen molar-refractivity contribution in [3.8, 4) is 11.3 Å². The molecule has 2 N–H and O–H groups in total. The molecule has 0 bridgehead atoms. The number of benzene rings is 2. The molecule has 30 heavy (non-hydrogen) atoms. The zero-order valence-corrected chi connectivity index (χ0v) is 16.2. The molecule has 0 atom stereocenters. The highest BCUT2D eigenvalue weighted by Gasteiger charge is 2.18. The molecule has 154 valence electrons. The van der Waals surface area contributed by atoms with Crippen LogP contribution in [0.3, 0.4) is 0 Å². The number of aromatic nitrogens is 2. The Bertz CT molecular complexity index is 1050. The third kappa shape index (κ3) is 4.53. The maximum Gasteiger partial charge on any atom is 0.323 e. The molecule has 0 spiro atoms. The van der Waals surface area contributed by atoms with Crippen molar-refractivity contribution in [3.05, 3.63) is 66.5 Å². The molecule has 0 aliphatic carbocycles. The smallest absolute Gasteiger partial charge is 0.323 e. The van der Waals surface area contributed by atoms with E-state index in [1.54, 1.807) is 30.6 Å². The van der Waals surface area contributed by atoms with Crippen LogP contribution >= 0.6 is 0 Å². The third-order valence-corrected chi connectivity index (χ3v) is 4.91. The highest BCUT2D eigenvalue weighted by atomic mass is 19.1. The van der Waals surface area contributed by atoms with Gasteiger partial charge in [-0.1, -0.05) is 12.1 Å². The first-order chi connectivity index (χ1) is 14.6. The summed E-state index contributed by atoms with van der Waals surface area (Å²) in [7, 11) is 0. The van der Waals surface area contributed by atoms with Crippen molar-refractivity contribution >= 4 is 23.2 Å². The molecule has 1 aliphatic heterocycles. The lowest BCUT2D eigenvalue weighted by atomic mass is 10.1. The van der Waals surface area contributed by atoms with E-state index in [1.165, 1.54) is 12.5 Å². The van der Waals surface area contributed by atoms with Crippen LogP contribution in [-0.2, 0) is 0 Å². The maximum absolute atomic E-state index is 13.8. The number of carbonyl (C=O) groups excluding carboxylic acids is 1. The van der Waals surface area contributed by atoms with Crippen LogP contribution in [0.4, 0.5) is 30.8 Å². The SMILES string of the molecule is O=C(Nc1cccc(-c2nccnc2N2CCCCC2)c1)Nc1ccc(F)cc1F. The number of piperidine rings is 1. The van der Waals surface area contributed by atoms with Crippen molar-refractivity contribution in [1.82, 2.24) is 9.97 Å². The molecule has 2 heterocycles. The van der Waals surface area contributed by atoms with Gasteiger partial charge in [-0.05, 0) is 43.5 Å². The monoisotopic (exact) mass is 409 g/mol. The molecular formula is C22H21F2N5O. The van der Waals surface area contributed by atoms with Crippen LogP contribution in [0.2, 0.25) is 0 Å². The van der Waals surface area contributed by atoms with Crippen molar-refractivity contribution in [3.63, 3.8) is 0 Å². The van der Waals surface area contributed by atoms with E-state index in [9.17, 15) is 13.6 Å². The Labute approximate surface area is 173 Å². The lowest BCUT2D eigenvalue weighted by Crippen LogP contribution is -2.30. The lowest BCUT2D eigenvalue weighted by Gasteiger charge is -2.28. The summed E-state index contributed by atoms with van der Waals surface area (Å²) in [4.78, 5) is 23.5. The fraction of sp³-hybridized carbons (Fsp3) is 0.227. The molecule has 0 unspecified atom stereocenters. The largest absolute Gasteiger partial charge is 0.355 e. The van der Waals surface area contributed by atoms with Gasteiger partial charge >= 0.3 is 6.03 Å². The summed E-state index contributed by atoms with van der Waals surface area (Å²) in [6.45, 7) is 1.88. The van der Waals surface area contributed by atoms with Crippen molar-refractivity contribution in [2.45, 2.75) is 19.3 Å². The van der Waals surface area contributed by atoms with Crippen molar-refractivity contribution in [1.29, 1.82) is 0 Å². The van der Waals surface area contributed by atoms with Crippen molar-refractivity contribution in [2.24, 2.45) is 0 Å². The summed E-state index contributed by atoms with van der Waals surface area (Å²) in [5, 5.41) is 5.05. The van der Waals surface area contributed by atoms with E-state index in [-0.39, 0.29) is 5.69 Å². The van der Waals surface area contributed by atoms with Gasteiger partial charge in [0.05, 0.1) is 5.69 Å². The molecule has 0 radical (unpaired) electrons. The van der Waals surface area contributed by atoms with Gasteiger partial charge in [-0.3, -0.25) is 4.98 Å². The average molecular weight is 409 g/mol. The van der Waals surface area contributed by atoms with Crippen LogP contribution in [0.1, 0.15) is 19.3 Å². The summed E-state index contributed by atoms with van der Waals surface area (Å²) in [6, 6.07) is 9.55. The number of hydrogen-bond acceptors (Lipinski definition) is 4. The predicted octanol–water partition coefficient (Wildman–Crippen LogP) is 5.06. The van der Waals surface area contributed by atoms with Crippen molar-refractivity contribution in [2.75, 3.05) is 28.6 Å². The maximum atomic E-state index is 13.8. The van der Waals surface area contributed by atoms with E-state index in [0.29, 0.717) is 11.8 Å². The number of nitrogens with one attached hydrogen (secondary N) is 2. The zero-order chi connectivity index (χ0) is 20.9. The quantitative estimate of drug-likeness (QED) is 0.632. The molecule has 8 heteroatoms. The summed E-state index contributed by atoms with van der Waals surface area (Å²) >= 11 is 0. The average Bonchev–Trinajstić information content (AvgIpc) is 2.76. The first-order valence-electron chi connectivity index (χ1n) is 9.79. The molecular weight excluding hydrogens is 388 g/mol. The van der Waals surface area contributed by atoms with E-state index >= 15 is 0 Å². The molecule has 1 saturated heterocycles. The molecule has 2 amide bonds. The fourth-order valence-electron chi connectivity index (χ4n) is 3.49. The number of rotatable bonds is 4. The molecule has 4 rings (SSSR count). The highest BCUT2D eigenvalue weighted by Crippen LogP contribution is 2.30. The van der Waals surface area contributed by atoms with Gasteiger partial charge in [-0.25, -0.2) is 18.6 Å². The molecule has 2 aromatic carbocycles. The number of amides is 2. The Hall–Kier alpha value is -3.55. The topological polar surface area (TPSA) is 70.2 Å². The van der Waals surface area contributed by atoms with Crippen LogP contribution in [0.15, 0.2) is 54.9 Å². The first-order valence-corrected chi connectivity index (χ1v) is 9.79. The number of urea groups is 1. The van der Waals surface area contributed by atoms with Crippen LogP contribution in [0.5, 0.6) is 0 Å². The van der Waals surface area contributed by atoms with E-state index in [2.05, 4.69) is 25.5 Å². The summed E-state index contributed by atoms with van der Waals surface area (Å²) < 4.78 is 26.8. The molecule has 0 saturated carbocycles. The van der Waals surface area contributed by atoms with Gasteiger partial charge in [0, 0.05) is 42.8 Å². The van der Waals surface area contributed by atoms with Gasteiger partial charge in [-0.15, -0.1) is 0 Å². The van der Waals surface area contributed by atoms with E-state index in [4.69, 9.17) is 0 Å². The Kier molecular flexibility index (Phi) is 5.83. The van der Waals surface area contributed by atoms with Crippen LogP contribution < -0.4 is 15.5 Å². The second-order valence-corrected chi connectivity index (χ2v) is 7.06. The standard InChI is InChI=1S/C22H21F2N5O/c23-16-7-8-19(18(24)14-16)28-22(30)27-17-6-4-5-15(13-17)20-21(26-10-9-25-20)29-11-2-1-3-12-29/h4-10,13-14H,1-3,11-12H2,(H2,27,28,30). The minimum absolute atomic E-state index is 0.105. The Balaban J connectivity index is 1.53. The molecule has 3 aromatic rings. The Morgan fingerprint density at radius 3 is 2.53 bits per heavy atom. The zero-order valence-electron chi connectivity index (χ0n) is 16.2. The summed E-state index contributed by atoms with van der Waals surface area (Å²) in [5.41, 5.74) is 1.97. The lowest BCUT2D eigenvalue weighted by molar-refractivity contribution is 0.262. The predicted molar refractivity (Wildman–Crippen MR) is 113 cm³/mol. The molecule has 1 fully saturated rings. The van der Waals surface area contributed by atoms with Gasteiger partial charge in [0.15, 0.2) is 5.82 Å². The Morgan fingerprint density at radius 1 is 0.933 bits per heavy atom. The second kappa shape index (κ2) is 8.86. The molecule has 1 aliphatic rings. The number of carbonyl (C=O) groups is 1. The normalized spacial score (nSPS) is 13.7. The molecule has 1 aromatic heterocycles. The first kappa shape index (κ1) is 19.8. The van der Waals surface area contributed by atoms with Gasteiger partial charge in [0.2, 0.25) is 0 Å². The number of nitrogens with zero attached hydrogens (tertiary/aromatic N) is 3. The number of halogens is 2. The van der Waals surface area contributed by atoms with Crippen molar-refractivity contribution < 1.29 is 13.6 Å². The van der Waals surface area contributed by atoms with E-state index < -0.39 is 17.7 Å². The number of anilines is 3. The van der Waals surface area contributed by atoms with Gasteiger partial charge in [-0.2, -0.15) is 0 Å². The van der Waals surface area contributed by atoms with E-state index in [0.717, 1.165) is 49.1 Å². The minimum atomic E-state index is -0.843. The van der Waals surface area contributed by atoms with Crippen LogP contribution in [0.25, 0.3) is 11.3 Å². The summed E-state index contributed by atoms with van der Waals surface area (Å²) in [6.07, 6.45) is 6.79. The Morgan fingerprint density at radius 2 is 1.73 bits per heavy atom. The molecule has 6 nitrogen and oxygen atoms in total. The second-order valence-electron chi connectivity index (χ2n) is 7.06.